The van der Waals surface area contributed by atoms with Gasteiger partial charge in [-0.25, -0.2) is 0 Å². The number of alkyl halides is 1. The molecule has 0 radical (unpaired) electrons. The smallest absolute Gasteiger partial charge is 0.0404 e. The van der Waals surface area contributed by atoms with Crippen LogP contribution < -0.4 is 0 Å². The summed E-state index contributed by atoms with van der Waals surface area (Å²) in [5.41, 5.74) is 0. The molecule has 0 N–H and O–H groups in total. The van der Waals surface area contributed by atoms with Gasteiger partial charge in [0.25, 0.3) is 0 Å². The molecule has 1 saturated carbocycles. The van der Waals surface area contributed by atoms with Gasteiger partial charge in [-0.3, -0.25) is 4.90 Å². The lowest BCUT2D eigenvalue weighted by Gasteiger charge is -2.24. The highest BCUT2D eigenvalue weighted by Crippen LogP contribution is 2.30. The van der Waals surface area contributed by atoms with Crippen LogP contribution in [-0.2, 0) is 0 Å². The highest BCUT2D eigenvalue weighted by Gasteiger charge is 2.24. The molecule has 0 amide bonds. The normalized spacial score (nSPS) is 17.9. The molecule has 1 aliphatic rings. The highest BCUT2D eigenvalue weighted by atomic mass is 35.5. The SMILES string of the molecule is CC(C)N(CC=CCCl)CC1CC1. The second kappa shape index (κ2) is 5.66. The number of hydrogen-bond donors (Lipinski definition) is 0. The second-order valence-electron chi connectivity index (χ2n) is 4.12. The van der Waals surface area contributed by atoms with Gasteiger partial charge in [-0.2, -0.15) is 0 Å². The van der Waals surface area contributed by atoms with E-state index in [0.29, 0.717) is 11.9 Å². The first kappa shape index (κ1) is 11.1. The van der Waals surface area contributed by atoms with Gasteiger partial charge >= 0.3 is 0 Å². The molecule has 2 heteroatoms. The van der Waals surface area contributed by atoms with Gasteiger partial charge in [0.15, 0.2) is 0 Å². The number of halogens is 1. The number of hydrogen-bond acceptors (Lipinski definition) is 1. The van der Waals surface area contributed by atoms with Crippen molar-refractivity contribution < 1.29 is 0 Å². The quantitative estimate of drug-likeness (QED) is 0.472. The molecule has 13 heavy (non-hydrogen) atoms. The summed E-state index contributed by atoms with van der Waals surface area (Å²) in [6.07, 6.45) is 7.07. The van der Waals surface area contributed by atoms with Crippen LogP contribution in [0.5, 0.6) is 0 Å². The molecule has 0 saturated heterocycles. The number of allylic oxidation sites excluding steroid dienone is 1. The predicted molar refractivity (Wildman–Crippen MR) is 59.3 cm³/mol. The van der Waals surface area contributed by atoms with Crippen LogP contribution in [0.2, 0.25) is 0 Å². The summed E-state index contributed by atoms with van der Waals surface area (Å²) >= 11 is 5.58. The first-order chi connectivity index (χ1) is 6.24. The molecular weight excluding hydrogens is 182 g/mol. The van der Waals surface area contributed by atoms with E-state index in [0.717, 1.165) is 12.5 Å². The summed E-state index contributed by atoms with van der Waals surface area (Å²) in [7, 11) is 0. The average Bonchev–Trinajstić information content (AvgIpc) is 2.86. The Bertz CT molecular complexity index is 161. The molecule has 1 fully saturated rings. The van der Waals surface area contributed by atoms with Crippen molar-refractivity contribution in [2.45, 2.75) is 32.7 Å². The zero-order valence-electron chi connectivity index (χ0n) is 8.67. The van der Waals surface area contributed by atoms with Crippen molar-refractivity contribution in [2.24, 2.45) is 5.92 Å². The Hall–Kier alpha value is -0.0100. The molecule has 0 aromatic carbocycles. The number of nitrogens with zero attached hydrogens (tertiary/aromatic N) is 1. The van der Waals surface area contributed by atoms with Gasteiger partial charge in [0.05, 0.1) is 0 Å². The summed E-state index contributed by atoms with van der Waals surface area (Å²) in [6.45, 7) is 6.85. The van der Waals surface area contributed by atoms with E-state index in [1.165, 1.54) is 19.4 Å². The minimum atomic E-state index is 0.634. The fraction of sp³-hybridized carbons (Fsp3) is 0.818. The Balaban J connectivity index is 2.23. The molecular formula is C11H20ClN. The fourth-order valence-corrected chi connectivity index (χ4v) is 1.53. The van der Waals surface area contributed by atoms with Gasteiger partial charge in [0.1, 0.15) is 0 Å². The molecule has 1 nitrogen and oxygen atoms in total. The minimum absolute atomic E-state index is 0.634. The molecule has 0 atom stereocenters. The number of rotatable bonds is 6. The highest BCUT2D eigenvalue weighted by molar-refractivity contribution is 6.18. The third kappa shape index (κ3) is 4.68. The zero-order valence-corrected chi connectivity index (χ0v) is 9.43. The maximum Gasteiger partial charge on any atom is 0.0404 e. The standard InChI is InChI=1S/C11H20ClN/c1-10(2)13(8-4-3-7-12)9-11-5-6-11/h3-4,10-11H,5-9H2,1-2H3. The van der Waals surface area contributed by atoms with Crippen molar-refractivity contribution in [1.82, 2.24) is 4.90 Å². The van der Waals surface area contributed by atoms with Gasteiger partial charge in [0, 0.05) is 25.0 Å². The van der Waals surface area contributed by atoms with Gasteiger partial charge in [-0.05, 0) is 32.6 Å². The van der Waals surface area contributed by atoms with E-state index < -0.39 is 0 Å². The molecule has 0 bridgehead atoms. The van der Waals surface area contributed by atoms with Crippen LogP contribution >= 0.6 is 11.6 Å². The third-order valence-electron chi connectivity index (χ3n) is 2.52. The van der Waals surface area contributed by atoms with Gasteiger partial charge in [-0.1, -0.05) is 12.2 Å². The average molecular weight is 202 g/mol. The molecule has 1 rings (SSSR count). The monoisotopic (exact) mass is 201 g/mol. The molecule has 0 heterocycles. The Morgan fingerprint density at radius 1 is 1.38 bits per heavy atom. The zero-order chi connectivity index (χ0) is 9.68. The minimum Gasteiger partial charge on any atom is -0.297 e. The van der Waals surface area contributed by atoms with Crippen molar-refractivity contribution in [3.63, 3.8) is 0 Å². The van der Waals surface area contributed by atoms with E-state index in [-0.39, 0.29) is 0 Å². The fourth-order valence-electron chi connectivity index (χ4n) is 1.40. The van der Waals surface area contributed by atoms with E-state index in [1.807, 2.05) is 6.08 Å². The van der Waals surface area contributed by atoms with Gasteiger partial charge in [0.2, 0.25) is 0 Å². The predicted octanol–water partition coefficient (Wildman–Crippen LogP) is 2.90. The van der Waals surface area contributed by atoms with E-state index in [2.05, 4.69) is 24.8 Å². The summed E-state index contributed by atoms with van der Waals surface area (Å²) in [5.74, 6) is 1.61. The lowest BCUT2D eigenvalue weighted by Crippen LogP contribution is -2.32. The van der Waals surface area contributed by atoms with E-state index in [4.69, 9.17) is 11.6 Å². The summed E-state index contributed by atoms with van der Waals surface area (Å²) in [6, 6.07) is 0.653. The van der Waals surface area contributed by atoms with Crippen LogP contribution in [0.4, 0.5) is 0 Å². The molecule has 76 valence electrons. The van der Waals surface area contributed by atoms with Crippen LogP contribution in [0, 0.1) is 5.92 Å². The summed E-state index contributed by atoms with van der Waals surface area (Å²) in [4.78, 5) is 2.51. The van der Waals surface area contributed by atoms with Crippen LogP contribution in [0.25, 0.3) is 0 Å². The molecule has 0 spiro atoms. The van der Waals surface area contributed by atoms with E-state index >= 15 is 0 Å². The largest absolute Gasteiger partial charge is 0.297 e. The van der Waals surface area contributed by atoms with E-state index in [1.54, 1.807) is 0 Å². The lowest BCUT2D eigenvalue weighted by atomic mass is 10.2. The van der Waals surface area contributed by atoms with E-state index in [9.17, 15) is 0 Å². The van der Waals surface area contributed by atoms with Crippen molar-refractivity contribution in [3.05, 3.63) is 12.2 Å². The lowest BCUT2D eigenvalue weighted by molar-refractivity contribution is 0.236. The molecule has 0 aliphatic heterocycles. The first-order valence-electron chi connectivity index (χ1n) is 5.19. The molecule has 1 aliphatic carbocycles. The van der Waals surface area contributed by atoms with Crippen LogP contribution in [0.3, 0.4) is 0 Å². The van der Waals surface area contributed by atoms with Crippen molar-refractivity contribution in [3.8, 4) is 0 Å². The molecule has 0 unspecified atom stereocenters. The summed E-state index contributed by atoms with van der Waals surface area (Å²) in [5, 5.41) is 0. The second-order valence-corrected chi connectivity index (χ2v) is 4.43. The summed E-state index contributed by atoms with van der Waals surface area (Å²) < 4.78 is 0. The molecule has 0 aromatic rings. The Morgan fingerprint density at radius 3 is 2.54 bits per heavy atom. The maximum absolute atomic E-state index is 5.58. The van der Waals surface area contributed by atoms with Crippen molar-refractivity contribution in [2.75, 3.05) is 19.0 Å². The molecule has 0 aromatic heterocycles. The topological polar surface area (TPSA) is 3.24 Å². The van der Waals surface area contributed by atoms with Crippen LogP contribution in [0.15, 0.2) is 12.2 Å². The Kier molecular flexibility index (Phi) is 4.82. The van der Waals surface area contributed by atoms with Crippen LogP contribution in [0.1, 0.15) is 26.7 Å². The van der Waals surface area contributed by atoms with Gasteiger partial charge < -0.3 is 0 Å². The third-order valence-corrected chi connectivity index (χ3v) is 2.69. The van der Waals surface area contributed by atoms with Gasteiger partial charge in [-0.15, -0.1) is 11.6 Å². The van der Waals surface area contributed by atoms with Crippen LogP contribution in [-0.4, -0.2) is 29.9 Å². The van der Waals surface area contributed by atoms with Crippen molar-refractivity contribution >= 4 is 11.6 Å². The Morgan fingerprint density at radius 2 is 2.08 bits per heavy atom. The Labute approximate surface area is 86.8 Å². The van der Waals surface area contributed by atoms with Crippen molar-refractivity contribution in [1.29, 1.82) is 0 Å². The maximum atomic E-state index is 5.58. The first-order valence-corrected chi connectivity index (χ1v) is 5.72.